The van der Waals surface area contributed by atoms with Crippen LogP contribution in [0.4, 0.5) is 5.00 Å². The van der Waals surface area contributed by atoms with Crippen LogP contribution in [0.1, 0.15) is 96.9 Å². The third-order valence-corrected chi connectivity index (χ3v) is 11.0. The number of likely N-dealkylation sites (tertiary alicyclic amines) is 1. The molecular weight excluding hydrogens is 544 g/mol. The molecule has 4 rings (SSSR count). The standard InChI is InChI=1S/C30H44N4O4S2/c1-4-7-19-34(20-8-5-2)40(37,38)24-14-12-23(13-15-24)28(35)31-29-27(30(36)33-17-10-9-11-18-33)25-16-21-32(6-3)22-26(25)39-29/h12-15H,4-11,16-22H2,1-3H3,(H,31,35). The van der Waals surface area contributed by atoms with Gasteiger partial charge in [-0.3, -0.25) is 14.5 Å². The lowest BCUT2D eigenvalue weighted by atomic mass is 10.0. The van der Waals surface area contributed by atoms with Crippen LogP contribution in [0, 0.1) is 0 Å². The summed E-state index contributed by atoms with van der Waals surface area (Å²) in [5.74, 6) is -0.324. The number of unbranched alkanes of at least 4 members (excludes halogenated alkanes) is 2. The van der Waals surface area contributed by atoms with Gasteiger partial charge in [-0.25, -0.2) is 8.42 Å². The van der Waals surface area contributed by atoms with E-state index in [0.29, 0.717) is 29.2 Å². The summed E-state index contributed by atoms with van der Waals surface area (Å²) >= 11 is 1.50. The van der Waals surface area contributed by atoms with Gasteiger partial charge in [0.05, 0.1) is 10.5 Å². The highest BCUT2D eigenvalue weighted by Crippen LogP contribution is 2.38. The number of fused-ring (bicyclic) bond motifs is 1. The number of piperidine rings is 1. The molecule has 0 aliphatic carbocycles. The first-order valence-electron chi connectivity index (χ1n) is 14.9. The van der Waals surface area contributed by atoms with E-state index < -0.39 is 10.0 Å². The molecule has 2 aromatic rings. The number of hydrogen-bond acceptors (Lipinski definition) is 6. The molecule has 0 radical (unpaired) electrons. The van der Waals surface area contributed by atoms with E-state index in [0.717, 1.165) is 94.5 Å². The van der Waals surface area contributed by atoms with Gasteiger partial charge in [-0.05, 0) is 74.9 Å². The fraction of sp³-hybridized carbons (Fsp3) is 0.600. The maximum absolute atomic E-state index is 13.7. The van der Waals surface area contributed by atoms with Crippen molar-refractivity contribution in [2.45, 2.75) is 83.6 Å². The van der Waals surface area contributed by atoms with E-state index in [1.54, 1.807) is 16.4 Å². The third-order valence-electron chi connectivity index (χ3n) is 7.94. The number of carbonyl (C=O) groups excluding carboxylic acids is 2. The molecule has 1 N–H and O–H groups in total. The van der Waals surface area contributed by atoms with Crippen LogP contribution in [-0.2, 0) is 23.0 Å². The number of amides is 2. The van der Waals surface area contributed by atoms with Crippen LogP contribution in [0.25, 0.3) is 0 Å². The summed E-state index contributed by atoms with van der Waals surface area (Å²) in [4.78, 5) is 32.7. The number of sulfonamides is 1. The fourth-order valence-electron chi connectivity index (χ4n) is 5.42. The second kappa shape index (κ2) is 14.1. The molecule has 1 saturated heterocycles. The lowest BCUT2D eigenvalue weighted by Crippen LogP contribution is -2.37. The van der Waals surface area contributed by atoms with Crippen molar-refractivity contribution in [1.29, 1.82) is 0 Å². The number of nitrogens with one attached hydrogen (secondary N) is 1. The Labute approximate surface area is 243 Å². The molecule has 8 nitrogen and oxygen atoms in total. The van der Waals surface area contributed by atoms with E-state index in [4.69, 9.17) is 0 Å². The zero-order chi connectivity index (χ0) is 28.7. The number of hydrogen-bond donors (Lipinski definition) is 1. The van der Waals surface area contributed by atoms with Gasteiger partial charge in [0, 0.05) is 49.7 Å². The molecule has 2 aliphatic rings. The number of benzene rings is 1. The predicted octanol–water partition coefficient (Wildman–Crippen LogP) is 5.60. The van der Waals surface area contributed by atoms with E-state index >= 15 is 0 Å². The Balaban J connectivity index is 1.56. The molecule has 2 aliphatic heterocycles. The lowest BCUT2D eigenvalue weighted by Gasteiger charge is -2.29. The van der Waals surface area contributed by atoms with Crippen LogP contribution in [0.3, 0.4) is 0 Å². The monoisotopic (exact) mass is 588 g/mol. The van der Waals surface area contributed by atoms with Crippen molar-refractivity contribution >= 4 is 38.2 Å². The lowest BCUT2D eigenvalue weighted by molar-refractivity contribution is 0.0724. The molecule has 0 unspecified atom stereocenters. The Morgan fingerprint density at radius 2 is 1.60 bits per heavy atom. The molecule has 0 atom stereocenters. The Morgan fingerprint density at radius 3 is 2.20 bits per heavy atom. The number of rotatable bonds is 12. The number of nitrogens with zero attached hydrogens (tertiary/aromatic N) is 3. The number of likely N-dealkylation sites (N-methyl/N-ethyl adjacent to an activating group) is 1. The van der Waals surface area contributed by atoms with Gasteiger partial charge in [0.15, 0.2) is 0 Å². The van der Waals surface area contributed by atoms with Crippen molar-refractivity contribution < 1.29 is 18.0 Å². The molecule has 3 heterocycles. The van der Waals surface area contributed by atoms with E-state index in [9.17, 15) is 18.0 Å². The topological polar surface area (TPSA) is 90.0 Å². The van der Waals surface area contributed by atoms with Gasteiger partial charge >= 0.3 is 0 Å². The van der Waals surface area contributed by atoms with Crippen LogP contribution >= 0.6 is 11.3 Å². The Morgan fingerprint density at radius 1 is 0.950 bits per heavy atom. The normalized spacial score (nSPS) is 16.2. The SMILES string of the molecule is CCCCN(CCCC)S(=O)(=O)c1ccc(C(=O)Nc2sc3c(c2C(=O)N2CCCCC2)CCN(CC)C3)cc1. The van der Waals surface area contributed by atoms with Crippen LogP contribution in [0.2, 0.25) is 0 Å². The number of thiophene rings is 1. The predicted molar refractivity (Wildman–Crippen MR) is 162 cm³/mol. The first-order valence-corrected chi connectivity index (χ1v) is 17.1. The number of carbonyl (C=O) groups is 2. The average Bonchev–Trinajstić information content (AvgIpc) is 3.33. The summed E-state index contributed by atoms with van der Waals surface area (Å²) in [6.07, 6.45) is 7.40. The van der Waals surface area contributed by atoms with Crippen LogP contribution in [0.5, 0.6) is 0 Å². The summed E-state index contributed by atoms with van der Waals surface area (Å²) in [5, 5.41) is 3.63. The highest BCUT2D eigenvalue weighted by molar-refractivity contribution is 7.89. The van der Waals surface area contributed by atoms with E-state index in [1.807, 2.05) is 18.7 Å². The molecule has 0 saturated carbocycles. The maximum Gasteiger partial charge on any atom is 0.257 e. The molecule has 0 bridgehead atoms. The summed E-state index contributed by atoms with van der Waals surface area (Å²) in [6.45, 7) is 11.4. The molecule has 1 fully saturated rings. The van der Waals surface area contributed by atoms with Crippen LogP contribution < -0.4 is 5.32 Å². The molecule has 220 valence electrons. The van der Waals surface area contributed by atoms with E-state index in [1.165, 1.54) is 23.5 Å². The van der Waals surface area contributed by atoms with Gasteiger partial charge in [-0.1, -0.05) is 33.6 Å². The average molecular weight is 589 g/mol. The van der Waals surface area contributed by atoms with Gasteiger partial charge in [0.2, 0.25) is 10.0 Å². The molecule has 40 heavy (non-hydrogen) atoms. The zero-order valence-electron chi connectivity index (χ0n) is 24.2. The van der Waals surface area contributed by atoms with Gasteiger partial charge in [-0.15, -0.1) is 11.3 Å². The van der Waals surface area contributed by atoms with Gasteiger partial charge in [0.25, 0.3) is 11.8 Å². The minimum atomic E-state index is -3.64. The van der Waals surface area contributed by atoms with Crippen molar-refractivity contribution in [3.05, 3.63) is 45.8 Å². The molecule has 2 amide bonds. The second-order valence-electron chi connectivity index (χ2n) is 10.8. The van der Waals surface area contributed by atoms with E-state index in [-0.39, 0.29) is 16.7 Å². The summed E-state index contributed by atoms with van der Waals surface area (Å²) < 4.78 is 28.2. The van der Waals surface area contributed by atoms with E-state index in [2.05, 4.69) is 17.1 Å². The Hall–Kier alpha value is -2.27. The van der Waals surface area contributed by atoms with Crippen molar-refractivity contribution in [2.24, 2.45) is 0 Å². The van der Waals surface area contributed by atoms with Crippen LogP contribution in [0.15, 0.2) is 29.2 Å². The largest absolute Gasteiger partial charge is 0.339 e. The summed E-state index contributed by atoms with van der Waals surface area (Å²) in [5.41, 5.74) is 2.08. The summed E-state index contributed by atoms with van der Waals surface area (Å²) in [6, 6.07) is 6.18. The highest BCUT2D eigenvalue weighted by Gasteiger charge is 2.31. The first-order chi connectivity index (χ1) is 19.3. The second-order valence-corrected chi connectivity index (χ2v) is 13.8. The maximum atomic E-state index is 13.7. The Bertz CT molecular complexity index is 1260. The summed E-state index contributed by atoms with van der Waals surface area (Å²) in [7, 11) is -3.64. The quantitative estimate of drug-likeness (QED) is 0.349. The molecular formula is C30H44N4O4S2. The Kier molecular flexibility index (Phi) is 10.8. The number of anilines is 1. The molecule has 10 heteroatoms. The minimum absolute atomic E-state index is 0.0122. The minimum Gasteiger partial charge on any atom is -0.339 e. The zero-order valence-corrected chi connectivity index (χ0v) is 25.8. The van der Waals surface area contributed by atoms with Crippen molar-refractivity contribution in [2.75, 3.05) is 44.6 Å². The highest BCUT2D eigenvalue weighted by atomic mass is 32.2. The van der Waals surface area contributed by atoms with Crippen molar-refractivity contribution in [3.8, 4) is 0 Å². The third kappa shape index (κ3) is 6.95. The van der Waals surface area contributed by atoms with Gasteiger partial charge in [-0.2, -0.15) is 4.31 Å². The van der Waals surface area contributed by atoms with Crippen LogP contribution in [-0.4, -0.2) is 73.6 Å². The molecule has 1 aromatic carbocycles. The first kappa shape index (κ1) is 30.7. The van der Waals surface area contributed by atoms with Crippen molar-refractivity contribution in [1.82, 2.24) is 14.1 Å². The molecule has 1 aromatic heterocycles. The molecule has 0 spiro atoms. The van der Waals surface area contributed by atoms with Gasteiger partial charge in [0.1, 0.15) is 5.00 Å². The smallest absolute Gasteiger partial charge is 0.257 e. The van der Waals surface area contributed by atoms with Gasteiger partial charge < -0.3 is 10.2 Å². The fourth-order valence-corrected chi connectivity index (χ4v) is 8.21. The van der Waals surface area contributed by atoms with Crippen molar-refractivity contribution in [3.63, 3.8) is 0 Å².